The number of anilines is 1. The standard InChI is InChI=1S/C23H29N5O4S/c1-16-7-9-18(10-8-16)33(30,31)28-13-11-19-20(24-15-25-21(19)28)27-12-5-6-17(14-27)26-22(29)32-23(2,3)4/h7-11,13,15,17H,5-6,12,14H2,1-4H3,(H,26,29)/t17-/m1/s1. The van der Waals surface area contributed by atoms with Crippen LogP contribution < -0.4 is 10.2 Å². The zero-order valence-corrected chi connectivity index (χ0v) is 20.1. The molecule has 3 aromatic rings. The van der Waals surface area contributed by atoms with Crippen molar-refractivity contribution < 1.29 is 17.9 Å². The minimum Gasteiger partial charge on any atom is -0.444 e. The van der Waals surface area contributed by atoms with E-state index in [0.29, 0.717) is 23.4 Å². The van der Waals surface area contributed by atoms with Gasteiger partial charge in [0.05, 0.1) is 10.3 Å². The lowest BCUT2D eigenvalue weighted by Crippen LogP contribution is -2.49. The first-order valence-corrected chi connectivity index (χ1v) is 12.4. The molecule has 9 nitrogen and oxygen atoms in total. The molecule has 10 heteroatoms. The topological polar surface area (TPSA) is 106 Å². The number of alkyl carbamates (subject to hydrolysis) is 1. The van der Waals surface area contributed by atoms with Crippen LogP contribution in [0.15, 0.2) is 47.8 Å². The molecule has 1 N–H and O–H groups in total. The Morgan fingerprint density at radius 2 is 1.88 bits per heavy atom. The van der Waals surface area contributed by atoms with Gasteiger partial charge in [0.15, 0.2) is 5.65 Å². The van der Waals surface area contributed by atoms with E-state index in [1.165, 1.54) is 16.5 Å². The Bertz CT molecular complexity index is 1260. The van der Waals surface area contributed by atoms with Crippen molar-refractivity contribution in [2.45, 2.75) is 57.1 Å². The number of ether oxygens (including phenoxy) is 1. The summed E-state index contributed by atoms with van der Waals surface area (Å²) in [5.74, 6) is 0.647. The average Bonchev–Trinajstić information content (AvgIpc) is 3.18. The third-order valence-electron chi connectivity index (χ3n) is 5.45. The largest absolute Gasteiger partial charge is 0.444 e. The van der Waals surface area contributed by atoms with Crippen molar-refractivity contribution in [2.75, 3.05) is 18.0 Å². The molecule has 3 heterocycles. The van der Waals surface area contributed by atoms with Crippen molar-refractivity contribution in [3.05, 3.63) is 48.4 Å². The van der Waals surface area contributed by atoms with Gasteiger partial charge in [-0.25, -0.2) is 27.2 Å². The van der Waals surface area contributed by atoms with Crippen LogP contribution in [-0.4, -0.2) is 53.2 Å². The molecule has 0 unspecified atom stereocenters. The van der Waals surface area contributed by atoms with Crippen molar-refractivity contribution >= 4 is 33.0 Å². The van der Waals surface area contributed by atoms with Gasteiger partial charge in [-0.15, -0.1) is 0 Å². The van der Waals surface area contributed by atoms with Crippen LogP contribution in [0.5, 0.6) is 0 Å². The maximum atomic E-state index is 13.2. The predicted octanol–water partition coefficient (Wildman–Crippen LogP) is 3.47. The summed E-state index contributed by atoms with van der Waals surface area (Å²) in [6.45, 7) is 8.67. The normalized spacial score (nSPS) is 17.2. The van der Waals surface area contributed by atoms with E-state index < -0.39 is 21.7 Å². The Hall–Kier alpha value is -3.14. The van der Waals surface area contributed by atoms with E-state index in [0.717, 1.165) is 24.9 Å². The molecule has 1 aliphatic heterocycles. The Morgan fingerprint density at radius 3 is 2.58 bits per heavy atom. The van der Waals surface area contributed by atoms with Crippen LogP contribution in [0.25, 0.3) is 11.0 Å². The number of hydrogen-bond donors (Lipinski definition) is 1. The number of amides is 1. The summed E-state index contributed by atoms with van der Waals surface area (Å²) in [4.78, 5) is 23.2. The number of nitrogens with one attached hydrogen (secondary N) is 1. The fourth-order valence-corrected chi connectivity index (χ4v) is 5.25. The van der Waals surface area contributed by atoms with Crippen LogP contribution >= 0.6 is 0 Å². The number of carbonyl (C=O) groups excluding carboxylic acids is 1. The van der Waals surface area contributed by atoms with Crippen LogP contribution in [-0.2, 0) is 14.8 Å². The van der Waals surface area contributed by atoms with Gasteiger partial charge in [0.1, 0.15) is 17.7 Å². The lowest BCUT2D eigenvalue weighted by molar-refractivity contribution is 0.0500. The third kappa shape index (κ3) is 4.95. The highest BCUT2D eigenvalue weighted by Gasteiger charge is 2.27. The summed E-state index contributed by atoms with van der Waals surface area (Å²) in [6.07, 6.45) is 4.13. The van der Waals surface area contributed by atoms with E-state index in [9.17, 15) is 13.2 Å². The second-order valence-electron chi connectivity index (χ2n) is 9.30. The van der Waals surface area contributed by atoms with E-state index in [-0.39, 0.29) is 10.9 Å². The van der Waals surface area contributed by atoms with Gasteiger partial charge >= 0.3 is 6.09 Å². The van der Waals surface area contributed by atoms with E-state index >= 15 is 0 Å². The summed E-state index contributed by atoms with van der Waals surface area (Å²) >= 11 is 0. The van der Waals surface area contributed by atoms with Crippen molar-refractivity contribution in [3.63, 3.8) is 0 Å². The predicted molar refractivity (Wildman–Crippen MR) is 126 cm³/mol. The number of hydrogen-bond acceptors (Lipinski definition) is 7. The number of fused-ring (bicyclic) bond motifs is 1. The monoisotopic (exact) mass is 471 g/mol. The molecule has 0 aliphatic carbocycles. The first-order chi connectivity index (χ1) is 15.5. The summed E-state index contributed by atoms with van der Waals surface area (Å²) in [6, 6.07) is 8.35. The van der Waals surface area contributed by atoms with Crippen molar-refractivity contribution in [3.8, 4) is 0 Å². The molecule has 33 heavy (non-hydrogen) atoms. The van der Waals surface area contributed by atoms with Crippen molar-refractivity contribution in [2.24, 2.45) is 0 Å². The third-order valence-corrected chi connectivity index (χ3v) is 7.13. The molecule has 1 aliphatic rings. The van der Waals surface area contributed by atoms with Gasteiger partial charge in [-0.3, -0.25) is 0 Å². The van der Waals surface area contributed by atoms with E-state index in [4.69, 9.17) is 4.74 Å². The number of aromatic nitrogens is 3. The minimum absolute atomic E-state index is 0.100. The highest BCUT2D eigenvalue weighted by atomic mass is 32.2. The molecule has 1 atom stereocenters. The Morgan fingerprint density at radius 1 is 1.15 bits per heavy atom. The molecule has 176 valence electrons. The second-order valence-corrected chi connectivity index (χ2v) is 11.1. The van der Waals surface area contributed by atoms with Gasteiger partial charge in [0.2, 0.25) is 0 Å². The Labute approximate surface area is 193 Å². The maximum Gasteiger partial charge on any atom is 0.407 e. The molecule has 4 rings (SSSR count). The smallest absolute Gasteiger partial charge is 0.407 e. The summed E-state index contributed by atoms with van der Waals surface area (Å²) < 4.78 is 33.0. The number of nitrogens with zero attached hydrogens (tertiary/aromatic N) is 4. The molecular weight excluding hydrogens is 442 g/mol. The van der Waals surface area contributed by atoms with Gasteiger partial charge in [-0.05, 0) is 58.7 Å². The number of carbonyl (C=O) groups is 1. The molecule has 0 spiro atoms. The summed E-state index contributed by atoms with van der Waals surface area (Å²) in [5.41, 5.74) is 0.738. The van der Waals surface area contributed by atoms with Crippen LogP contribution in [0.2, 0.25) is 0 Å². The highest BCUT2D eigenvalue weighted by molar-refractivity contribution is 7.90. The van der Waals surface area contributed by atoms with Gasteiger partial charge in [0.25, 0.3) is 10.0 Å². The summed E-state index contributed by atoms with van der Waals surface area (Å²) in [7, 11) is -3.80. The highest BCUT2D eigenvalue weighted by Crippen LogP contribution is 2.29. The molecule has 1 fully saturated rings. The van der Waals surface area contributed by atoms with Crippen LogP contribution in [0.4, 0.5) is 10.6 Å². The lowest BCUT2D eigenvalue weighted by Gasteiger charge is -2.34. The lowest BCUT2D eigenvalue weighted by atomic mass is 10.1. The molecular formula is C23H29N5O4S. The molecule has 0 bridgehead atoms. The number of rotatable bonds is 4. The van der Waals surface area contributed by atoms with Crippen molar-refractivity contribution in [1.29, 1.82) is 0 Å². The molecule has 1 saturated heterocycles. The van der Waals surface area contributed by atoms with Crippen LogP contribution in [0.3, 0.4) is 0 Å². The average molecular weight is 472 g/mol. The second kappa shape index (κ2) is 8.66. The maximum absolute atomic E-state index is 13.2. The molecule has 1 aromatic carbocycles. The van der Waals surface area contributed by atoms with Gasteiger partial charge in [-0.2, -0.15) is 0 Å². The SMILES string of the molecule is Cc1ccc(S(=O)(=O)n2ccc3c(N4CCC[C@@H](NC(=O)OC(C)(C)C)C4)ncnc32)cc1. The molecule has 1 amide bonds. The van der Waals surface area contributed by atoms with Crippen LogP contribution in [0, 0.1) is 6.92 Å². The fourth-order valence-electron chi connectivity index (χ4n) is 3.95. The van der Waals surface area contributed by atoms with Gasteiger partial charge < -0.3 is 15.0 Å². The number of aryl methyl sites for hydroxylation is 1. The Balaban J connectivity index is 1.60. The first-order valence-electron chi connectivity index (χ1n) is 10.9. The first kappa shape index (κ1) is 23.0. The summed E-state index contributed by atoms with van der Waals surface area (Å²) in [5, 5.41) is 3.58. The molecule has 0 saturated carbocycles. The van der Waals surface area contributed by atoms with Gasteiger partial charge in [-0.1, -0.05) is 17.7 Å². The molecule has 0 radical (unpaired) electrons. The number of benzene rings is 1. The zero-order chi connectivity index (χ0) is 23.8. The minimum atomic E-state index is -3.80. The molecule has 2 aromatic heterocycles. The fraction of sp³-hybridized carbons (Fsp3) is 0.435. The number of piperidine rings is 1. The van der Waals surface area contributed by atoms with Crippen molar-refractivity contribution in [1.82, 2.24) is 19.3 Å². The zero-order valence-electron chi connectivity index (χ0n) is 19.3. The van der Waals surface area contributed by atoms with Gasteiger partial charge in [0, 0.05) is 25.3 Å². The Kier molecular flexibility index (Phi) is 6.04. The van der Waals surface area contributed by atoms with E-state index in [1.54, 1.807) is 30.3 Å². The van der Waals surface area contributed by atoms with E-state index in [2.05, 4.69) is 20.2 Å². The van der Waals surface area contributed by atoms with Crippen LogP contribution in [0.1, 0.15) is 39.2 Å². The quantitative estimate of drug-likeness (QED) is 0.621. The van der Waals surface area contributed by atoms with E-state index in [1.807, 2.05) is 27.7 Å².